The molecule has 0 saturated carbocycles. The summed E-state index contributed by atoms with van der Waals surface area (Å²) in [6, 6.07) is 10.7. The summed E-state index contributed by atoms with van der Waals surface area (Å²) < 4.78 is 5.39. The molecule has 2 aliphatic heterocycles. The minimum absolute atomic E-state index is 0.0508. The highest BCUT2D eigenvalue weighted by atomic mass is 35.5. The van der Waals surface area contributed by atoms with Crippen LogP contribution in [0.4, 0.5) is 17.1 Å². The van der Waals surface area contributed by atoms with E-state index in [2.05, 4.69) is 5.32 Å². The number of rotatable bonds is 5. The lowest BCUT2D eigenvalue weighted by molar-refractivity contribution is -0.122. The largest absolute Gasteiger partial charge is 0.495 e. The van der Waals surface area contributed by atoms with E-state index in [-0.39, 0.29) is 30.7 Å². The molecule has 1 N–H and O–H groups in total. The molecular weight excluding hydrogens is 418 g/mol. The van der Waals surface area contributed by atoms with Gasteiger partial charge in [0.1, 0.15) is 5.75 Å². The molecule has 162 valence electrons. The Bertz CT molecular complexity index is 1060. The summed E-state index contributed by atoms with van der Waals surface area (Å²) >= 11 is 6.37. The van der Waals surface area contributed by atoms with Gasteiger partial charge in [0.05, 0.1) is 29.4 Å². The molecule has 0 aromatic heterocycles. The van der Waals surface area contributed by atoms with Gasteiger partial charge in [-0.1, -0.05) is 17.7 Å². The number of aryl methyl sites for hydroxylation is 1. The summed E-state index contributed by atoms with van der Waals surface area (Å²) in [4.78, 5) is 40.7. The molecule has 0 spiro atoms. The molecule has 0 radical (unpaired) electrons. The number of amides is 3. The van der Waals surface area contributed by atoms with Crippen molar-refractivity contribution in [2.45, 2.75) is 26.2 Å². The molecule has 2 fully saturated rings. The van der Waals surface area contributed by atoms with Gasteiger partial charge in [-0.25, -0.2) is 0 Å². The number of nitrogens with one attached hydrogen (secondary N) is 1. The normalized spacial score (nSPS) is 18.6. The van der Waals surface area contributed by atoms with Crippen LogP contribution in [-0.2, 0) is 14.4 Å². The Hall–Kier alpha value is -3.06. The fraction of sp³-hybridized carbons (Fsp3) is 0.348. The molecule has 8 heteroatoms. The van der Waals surface area contributed by atoms with Crippen LogP contribution < -0.4 is 19.9 Å². The van der Waals surface area contributed by atoms with Crippen LogP contribution in [-0.4, -0.2) is 37.9 Å². The summed E-state index contributed by atoms with van der Waals surface area (Å²) in [6.45, 7) is 2.86. The van der Waals surface area contributed by atoms with Crippen LogP contribution in [0, 0.1) is 12.8 Å². The number of ether oxygens (including phenoxy) is 1. The number of methoxy groups -OCH3 is 1. The van der Waals surface area contributed by atoms with E-state index in [0.29, 0.717) is 40.8 Å². The van der Waals surface area contributed by atoms with Crippen molar-refractivity contribution in [2.24, 2.45) is 5.92 Å². The first-order valence-corrected chi connectivity index (χ1v) is 10.6. The third-order valence-corrected chi connectivity index (χ3v) is 6.00. The van der Waals surface area contributed by atoms with Crippen molar-refractivity contribution in [3.63, 3.8) is 0 Å². The molecule has 7 nitrogen and oxygen atoms in total. The van der Waals surface area contributed by atoms with Gasteiger partial charge < -0.3 is 19.9 Å². The summed E-state index contributed by atoms with van der Waals surface area (Å²) in [7, 11) is 1.56. The van der Waals surface area contributed by atoms with Gasteiger partial charge in [-0.15, -0.1) is 0 Å². The second-order valence-corrected chi connectivity index (χ2v) is 8.29. The van der Waals surface area contributed by atoms with Gasteiger partial charge in [-0.3, -0.25) is 14.4 Å². The van der Waals surface area contributed by atoms with Gasteiger partial charge in [-0.2, -0.15) is 0 Å². The molecule has 2 aromatic rings. The maximum Gasteiger partial charge on any atom is 0.229 e. The van der Waals surface area contributed by atoms with Crippen LogP contribution in [0.25, 0.3) is 0 Å². The number of benzene rings is 2. The summed E-state index contributed by atoms with van der Waals surface area (Å²) in [5.41, 5.74) is 2.86. The van der Waals surface area contributed by atoms with E-state index in [1.807, 2.05) is 25.1 Å². The molecule has 3 amide bonds. The maximum atomic E-state index is 12.8. The molecule has 31 heavy (non-hydrogen) atoms. The Morgan fingerprint density at radius 1 is 1.10 bits per heavy atom. The number of anilines is 3. The second kappa shape index (κ2) is 8.59. The Labute approximate surface area is 185 Å². The van der Waals surface area contributed by atoms with Crippen LogP contribution in [0.2, 0.25) is 5.02 Å². The summed E-state index contributed by atoms with van der Waals surface area (Å²) in [5.74, 6) is -0.210. The minimum Gasteiger partial charge on any atom is -0.495 e. The molecule has 0 bridgehead atoms. The van der Waals surface area contributed by atoms with Crippen molar-refractivity contribution >= 4 is 46.4 Å². The highest BCUT2D eigenvalue weighted by Gasteiger charge is 2.36. The summed E-state index contributed by atoms with van der Waals surface area (Å²) in [6.07, 6.45) is 1.45. The quantitative estimate of drug-likeness (QED) is 0.765. The van der Waals surface area contributed by atoms with E-state index in [9.17, 15) is 14.4 Å². The van der Waals surface area contributed by atoms with E-state index in [0.717, 1.165) is 12.0 Å². The van der Waals surface area contributed by atoms with Crippen LogP contribution in [0.1, 0.15) is 24.8 Å². The highest BCUT2D eigenvalue weighted by molar-refractivity contribution is 6.34. The monoisotopic (exact) mass is 441 g/mol. The molecular formula is C23H24ClN3O4. The lowest BCUT2D eigenvalue weighted by Crippen LogP contribution is -2.28. The molecule has 2 aromatic carbocycles. The fourth-order valence-corrected chi connectivity index (χ4v) is 4.36. The van der Waals surface area contributed by atoms with E-state index < -0.39 is 5.92 Å². The first-order valence-electron chi connectivity index (χ1n) is 10.2. The topological polar surface area (TPSA) is 79.0 Å². The van der Waals surface area contributed by atoms with E-state index in [1.165, 1.54) is 0 Å². The molecule has 1 atom stereocenters. The number of nitrogens with zero attached hydrogens (tertiary/aromatic N) is 2. The van der Waals surface area contributed by atoms with Crippen LogP contribution >= 0.6 is 11.6 Å². The van der Waals surface area contributed by atoms with Crippen LogP contribution in [0.15, 0.2) is 36.4 Å². The molecule has 2 saturated heterocycles. The second-order valence-electron chi connectivity index (χ2n) is 7.89. The van der Waals surface area contributed by atoms with Gasteiger partial charge in [0, 0.05) is 31.6 Å². The molecule has 4 rings (SSSR count). The predicted molar refractivity (Wildman–Crippen MR) is 120 cm³/mol. The van der Waals surface area contributed by atoms with E-state index >= 15 is 0 Å². The molecule has 2 heterocycles. The third kappa shape index (κ3) is 4.23. The smallest absolute Gasteiger partial charge is 0.229 e. The average Bonchev–Trinajstić information content (AvgIpc) is 3.33. The lowest BCUT2D eigenvalue weighted by atomic mass is 10.1. The Kier molecular flexibility index (Phi) is 5.87. The third-order valence-electron chi connectivity index (χ3n) is 5.70. The van der Waals surface area contributed by atoms with Crippen LogP contribution in [0.5, 0.6) is 5.75 Å². The first kappa shape index (κ1) is 21.2. The van der Waals surface area contributed by atoms with Crippen molar-refractivity contribution in [3.8, 4) is 5.75 Å². The van der Waals surface area contributed by atoms with Gasteiger partial charge in [0.25, 0.3) is 0 Å². The molecule has 2 aliphatic rings. The van der Waals surface area contributed by atoms with Crippen molar-refractivity contribution in [1.29, 1.82) is 0 Å². The van der Waals surface area contributed by atoms with Gasteiger partial charge in [-0.05, 0) is 49.2 Å². The van der Waals surface area contributed by atoms with Gasteiger partial charge in [0.15, 0.2) is 0 Å². The molecule has 0 aliphatic carbocycles. The van der Waals surface area contributed by atoms with Crippen molar-refractivity contribution in [2.75, 3.05) is 35.3 Å². The van der Waals surface area contributed by atoms with Gasteiger partial charge in [0.2, 0.25) is 17.7 Å². The number of hydrogen-bond donors (Lipinski definition) is 1. The first-order chi connectivity index (χ1) is 14.9. The molecule has 0 unspecified atom stereocenters. The van der Waals surface area contributed by atoms with Crippen LogP contribution in [0.3, 0.4) is 0 Å². The Balaban J connectivity index is 1.46. The lowest BCUT2D eigenvalue weighted by Gasteiger charge is -2.20. The standard InChI is InChI=1S/C23H24ClN3O4/c1-14-5-8-20(31-2)19(10-14)27-13-15(11-22(27)29)23(30)25-16-6-7-18(17(24)12-16)26-9-3-4-21(26)28/h5-8,10,12,15H,3-4,9,11,13H2,1-2H3,(H,25,30)/t15-/m1/s1. The SMILES string of the molecule is COc1ccc(C)cc1N1C[C@H](C(=O)Nc2ccc(N3CCCC3=O)c(Cl)c2)CC1=O. The number of hydrogen-bond acceptors (Lipinski definition) is 4. The minimum atomic E-state index is -0.490. The Morgan fingerprint density at radius 2 is 1.90 bits per heavy atom. The maximum absolute atomic E-state index is 12.8. The number of carbonyl (C=O) groups excluding carboxylic acids is 3. The zero-order chi connectivity index (χ0) is 22.1. The zero-order valence-corrected chi connectivity index (χ0v) is 18.2. The Morgan fingerprint density at radius 3 is 2.58 bits per heavy atom. The zero-order valence-electron chi connectivity index (χ0n) is 17.5. The number of carbonyl (C=O) groups is 3. The summed E-state index contributed by atoms with van der Waals surface area (Å²) in [5, 5.41) is 3.25. The predicted octanol–water partition coefficient (Wildman–Crippen LogP) is 3.78. The van der Waals surface area contributed by atoms with E-state index in [1.54, 1.807) is 35.1 Å². The van der Waals surface area contributed by atoms with Crippen molar-refractivity contribution in [3.05, 3.63) is 47.0 Å². The number of halogens is 1. The highest BCUT2D eigenvalue weighted by Crippen LogP contribution is 2.35. The van der Waals surface area contributed by atoms with E-state index in [4.69, 9.17) is 16.3 Å². The van der Waals surface area contributed by atoms with Crippen molar-refractivity contribution in [1.82, 2.24) is 0 Å². The van der Waals surface area contributed by atoms with Gasteiger partial charge >= 0.3 is 0 Å². The average molecular weight is 442 g/mol. The van der Waals surface area contributed by atoms with Crippen molar-refractivity contribution < 1.29 is 19.1 Å². The fourth-order valence-electron chi connectivity index (χ4n) is 4.08.